The number of carbonyl (C=O) groups is 2. The normalized spacial score (nSPS) is 12.4. The van der Waals surface area contributed by atoms with Crippen molar-refractivity contribution in [2.24, 2.45) is 0 Å². The van der Waals surface area contributed by atoms with Gasteiger partial charge in [0.1, 0.15) is 18.9 Å². The van der Waals surface area contributed by atoms with Crippen molar-refractivity contribution in [1.29, 1.82) is 0 Å². The predicted octanol–water partition coefficient (Wildman–Crippen LogP) is 5.30. The van der Waals surface area contributed by atoms with E-state index in [-0.39, 0.29) is 12.5 Å². The van der Waals surface area contributed by atoms with E-state index in [1.165, 1.54) is 12.0 Å². The lowest BCUT2D eigenvalue weighted by molar-refractivity contribution is -0.138. The number of hydrogen-bond acceptors (Lipinski definition) is 5. The third-order valence-corrected chi connectivity index (χ3v) is 5.72. The van der Waals surface area contributed by atoms with E-state index in [9.17, 15) is 9.59 Å². The number of fused-ring (bicyclic) bond motifs is 3. The number of esters is 1. The smallest absolute Gasteiger partial charge is 0.325 e. The van der Waals surface area contributed by atoms with Crippen LogP contribution in [0.1, 0.15) is 15.9 Å². The minimum Gasteiger partial charge on any atom is -0.489 e. The van der Waals surface area contributed by atoms with Gasteiger partial charge < -0.3 is 14.8 Å². The fraction of sp³-hybridized carbons (Fsp3) is 0.111. The number of amides is 1. The Morgan fingerprint density at radius 3 is 2.58 bits per heavy atom. The number of para-hydroxylation sites is 1. The lowest BCUT2D eigenvalue weighted by Crippen LogP contribution is -2.35. The van der Waals surface area contributed by atoms with Gasteiger partial charge in [0.2, 0.25) is 0 Å². The quantitative estimate of drug-likeness (QED) is 0.429. The highest BCUT2D eigenvalue weighted by atomic mass is 16.5. The van der Waals surface area contributed by atoms with Gasteiger partial charge in [0, 0.05) is 6.07 Å². The zero-order chi connectivity index (χ0) is 22.8. The molecule has 0 atom stereocenters. The maximum atomic E-state index is 13.3. The highest BCUT2D eigenvalue weighted by Crippen LogP contribution is 2.38. The molecule has 4 aromatic carbocycles. The number of hydrogen-bond donors (Lipinski definition) is 1. The first kappa shape index (κ1) is 20.6. The number of carbonyl (C=O) groups excluding carboxylic acids is 2. The van der Waals surface area contributed by atoms with Gasteiger partial charge in [0.25, 0.3) is 5.91 Å². The molecule has 0 saturated heterocycles. The van der Waals surface area contributed by atoms with Crippen molar-refractivity contribution in [2.75, 3.05) is 23.9 Å². The highest BCUT2D eigenvalue weighted by Gasteiger charge is 2.29. The summed E-state index contributed by atoms with van der Waals surface area (Å²) in [6.45, 7) is 0.171. The van der Waals surface area contributed by atoms with Crippen LogP contribution in [0.2, 0.25) is 0 Å². The second-order valence-electron chi connectivity index (χ2n) is 7.74. The van der Waals surface area contributed by atoms with E-state index in [0.717, 1.165) is 16.3 Å². The van der Waals surface area contributed by atoms with Gasteiger partial charge in [0.05, 0.1) is 29.7 Å². The van der Waals surface area contributed by atoms with Gasteiger partial charge in [-0.15, -0.1) is 0 Å². The van der Waals surface area contributed by atoms with E-state index < -0.39 is 5.97 Å². The standard InChI is InChI=1S/C27H22N2O4/c1-32-26(30)16-29-25-15-20(33-17-19-9-6-8-18-7-2-3-10-21(18)19)13-14-24(25)28-23-12-5-4-11-22(23)27(29)31/h2-15,28H,16-17H2,1H3. The Bertz CT molecular complexity index is 1360. The number of methoxy groups -OCH3 is 1. The minimum atomic E-state index is -0.504. The zero-order valence-electron chi connectivity index (χ0n) is 18.1. The Morgan fingerprint density at radius 2 is 1.70 bits per heavy atom. The average molecular weight is 438 g/mol. The Balaban J connectivity index is 1.49. The molecule has 5 rings (SSSR count). The first-order chi connectivity index (χ1) is 16.1. The summed E-state index contributed by atoms with van der Waals surface area (Å²) in [5.74, 6) is -0.193. The Labute approximate surface area is 191 Å². The van der Waals surface area contributed by atoms with Gasteiger partial charge in [0.15, 0.2) is 0 Å². The van der Waals surface area contributed by atoms with Crippen LogP contribution in [-0.4, -0.2) is 25.5 Å². The van der Waals surface area contributed by atoms with Crippen molar-refractivity contribution in [3.63, 3.8) is 0 Å². The molecular formula is C27H22N2O4. The van der Waals surface area contributed by atoms with Crippen molar-refractivity contribution in [2.45, 2.75) is 6.61 Å². The summed E-state index contributed by atoms with van der Waals surface area (Å²) >= 11 is 0. The van der Waals surface area contributed by atoms with Crippen LogP contribution in [-0.2, 0) is 16.1 Å². The third-order valence-electron chi connectivity index (χ3n) is 5.72. The van der Waals surface area contributed by atoms with Crippen LogP contribution < -0.4 is 15.0 Å². The van der Waals surface area contributed by atoms with Gasteiger partial charge >= 0.3 is 5.97 Å². The minimum absolute atomic E-state index is 0.203. The summed E-state index contributed by atoms with van der Waals surface area (Å²) < 4.78 is 11.0. The van der Waals surface area contributed by atoms with Crippen LogP contribution in [0.3, 0.4) is 0 Å². The number of nitrogens with zero attached hydrogens (tertiary/aromatic N) is 1. The van der Waals surface area contributed by atoms with Crippen molar-refractivity contribution >= 4 is 39.7 Å². The summed E-state index contributed by atoms with van der Waals surface area (Å²) in [6, 6.07) is 27.0. The SMILES string of the molecule is COC(=O)CN1C(=O)c2ccccc2Nc2ccc(OCc3cccc4ccccc34)cc21. The van der Waals surface area contributed by atoms with Crippen LogP contribution in [0.5, 0.6) is 5.75 Å². The van der Waals surface area contributed by atoms with E-state index in [1.807, 2.05) is 48.5 Å². The zero-order valence-corrected chi connectivity index (χ0v) is 18.1. The molecule has 1 heterocycles. The monoisotopic (exact) mass is 438 g/mol. The molecule has 6 heteroatoms. The summed E-state index contributed by atoms with van der Waals surface area (Å²) in [6.07, 6.45) is 0. The Hall–Kier alpha value is -4.32. The molecule has 4 aromatic rings. The number of benzene rings is 4. The number of rotatable bonds is 5. The summed E-state index contributed by atoms with van der Waals surface area (Å²) in [5.41, 5.74) is 3.49. The fourth-order valence-electron chi connectivity index (χ4n) is 4.04. The molecule has 0 saturated carbocycles. The molecule has 1 amide bonds. The molecule has 0 spiro atoms. The van der Waals surface area contributed by atoms with Gasteiger partial charge in [-0.3, -0.25) is 14.5 Å². The molecule has 0 aliphatic carbocycles. The van der Waals surface area contributed by atoms with E-state index in [1.54, 1.807) is 18.2 Å². The van der Waals surface area contributed by atoms with Crippen LogP contribution in [0.15, 0.2) is 84.9 Å². The fourth-order valence-corrected chi connectivity index (χ4v) is 4.04. The molecule has 1 aliphatic heterocycles. The summed E-state index contributed by atoms with van der Waals surface area (Å²) in [4.78, 5) is 26.9. The van der Waals surface area contributed by atoms with Crippen LogP contribution in [0, 0.1) is 0 Å². The molecule has 1 aliphatic rings. The molecule has 164 valence electrons. The maximum absolute atomic E-state index is 13.3. The van der Waals surface area contributed by atoms with E-state index in [0.29, 0.717) is 35.0 Å². The van der Waals surface area contributed by atoms with Crippen LogP contribution in [0.4, 0.5) is 17.1 Å². The van der Waals surface area contributed by atoms with Gasteiger partial charge in [-0.05, 0) is 40.6 Å². The summed E-state index contributed by atoms with van der Waals surface area (Å²) in [5, 5.41) is 5.59. The van der Waals surface area contributed by atoms with Gasteiger partial charge in [-0.25, -0.2) is 0 Å². The van der Waals surface area contributed by atoms with Crippen molar-refractivity contribution < 1.29 is 19.1 Å². The first-order valence-corrected chi connectivity index (χ1v) is 10.6. The number of ether oxygens (including phenoxy) is 2. The molecule has 6 nitrogen and oxygen atoms in total. The lowest BCUT2D eigenvalue weighted by atomic mass is 10.1. The number of nitrogens with one attached hydrogen (secondary N) is 1. The number of anilines is 3. The van der Waals surface area contributed by atoms with E-state index in [4.69, 9.17) is 9.47 Å². The molecule has 33 heavy (non-hydrogen) atoms. The van der Waals surface area contributed by atoms with Crippen LogP contribution in [0.25, 0.3) is 10.8 Å². The second kappa shape index (κ2) is 8.67. The molecule has 0 bridgehead atoms. The Morgan fingerprint density at radius 1 is 0.909 bits per heavy atom. The van der Waals surface area contributed by atoms with Crippen LogP contribution >= 0.6 is 0 Å². The summed E-state index contributed by atoms with van der Waals surface area (Å²) in [7, 11) is 1.31. The molecule has 0 fully saturated rings. The maximum Gasteiger partial charge on any atom is 0.325 e. The van der Waals surface area contributed by atoms with E-state index in [2.05, 4.69) is 23.5 Å². The third kappa shape index (κ3) is 3.99. The topological polar surface area (TPSA) is 67.9 Å². The average Bonchev–Trinajstić information content (AvgIpc) is 2.97. The van der Waals surface area contributed by atoms with Gasteiger partial charge in [-0.2, -0.15) is 0 Å². The molecule has 0 aromatic heterocycles. The first-order valence-electron chi connectivity index (χ1n) is 10.6. The largest absolute Gasteiger partial charge is 0.489 e. The highest BCUT2D eigenvalue weighted by molar-refractivity contribution is 6.15. The van der Waals surface area contributed by atoms with E-state index >= 15 is 0 Å². The van der Waals surface area contributed by atoms with Crippen molar-refractivity contribution in [3.05, 3.63) is 96.1 Å². The lowest BCUT2D eigenvalue weighted by Gasteiger charge is -2.22. The second-order valence-corrected chi connectivity index (χ2v) is 7.74. The molecular weight excluding hydrogens is 416 g/mol. The molecule has 0 radical (unpaired) electrons. The molecule has 0 unspecified atom stereocenters. The molecule has 1 N–H and O–H groups in total. The van der Waals surface area contributed by atoms with Crippen molar-refractivity contribution in [3.8, 4) is 5.75 Å². The predicted molar refractivity (Wildman–Crippen MR) is 128 cm³/mol. The van der Waals surface area contributed by atoms with Gasteiger partial charge in [-0.1, -0.05) is 54.6 Å². The Kier molecular flexibility index (Phi) is 5.40. The van der Waals surface area contributed by atoms with Crippen molar-refractivity contribution in [1.82, 2.24) is 0 Å².